The van der Waals surface area contributed by atoms with Gasteiger partial charge in [-0.05, 0) is 31.9 Å². The first-order valence-electron chi connectivity index (χ1n) is 6.75. The Labute approximate surface area is 117 Å². The Kier molecular flexibility index (Phi) is 3.28. The Morgan fingerprint density at radius 2 is 2.10 bits per heavy atom. The molecule has 0 aliphatic heterocycles. The largest absolute Gasteiger partial charge is 0.361 e. The lowest BCUT2D eigenvalue weighted by Crippen LogP contribution is -2.13. The van der Waals surface area contributed by atoms with E-state index in [0.29, 0.717) is 6.54 Å². The van der Waals surface area contributed by atoms with Crippen LogP contribution in [0, 0.1) is 12.8 Å². The zero-order valence-electron chi connectivity index (χ0n) is 11.3. The third kappa shape index (κ3) is 2.44. The summed E-state index contributed by atoms with van der Waals surface area (Å²) in [5.41, 5.74) is 9.14. The van der Waals surface area contributed by atoms with Crippen molar-refractivity contribution in [2.45, 2.75) is 26.3 Å². The maximum absolute atomic E-state index is 11.7. The average molecular weight is 271 g/mol. The van der Waals surface area contributed by atoms with E-state index in [4.69, 9.17) is 10.3 Å². The topological polar surface area (TPSA) is 81.2 Å². The number of amides is 1. The first kappa shape index (κ1) is 12.9. The third-order valence-corrected chi connectivity index (χ3v) is 3.56. The molecule has 1 saturated carbocycles. The fourth-order valence-electron chi connectivity index (χ4n) is 2.16. The number of benzene rings is 1. The smallest absolute Gasteiger partial charge is 0.227 e. The van der Waals surface area contributed by atoms with Gasteiger partial charge in [-0.1, -0.05) is 17.3 Å². The summed E-state index contributed by atoms with van der Waals surface area (Å²) in [6.45, 7) is 2.24. The van der Waals surface area contributed by atoms with Gasteiger partial charge in [-0.15, -0.1) is 0 Å². The van der Waals surface area contributed by atoms with E-state index >= 15 is 0 Å². The minimum Gasteiger partial charge on any atom is -0.361 e. The third-order valence-electron chi connectivity index (χ3n) is 3.56. The summed E-state index contributed by atoms with van der Waals surface area (Å²) in [5, 5.41) is 6.95. The highest BCUT2D eigenvalue weighted by atomic mass is 16.5. The Morgan fingerprint density at radius 1 is 1.40 bits per heavy atom. The molecule has 1 aromatic carbocycles. The van der Waals surface area contributed by atoms with E-state index in [0.717, 1.165) is 41.1 Å². The summed E-state index contributed by atoms with van der Waals surface area (Å²) in [4.78, 5) is 11.7. The van der Waals surface area contributed by atoms with Gasteiger partial charge in [0, 0.05) is 29.3 Å². The SMILES string of the molecule is Cc1onc(-c2ccc(NC(=O)C3CC3)cc2)c1CN. The second kappa shape index (κ2) is 5.09. The molecular formula is C15H17N3O2. The number of carbonyl (C=O) groups is 1. The molecule has 0 bridgehead atoms. The van der Waals surface area contributed by atoms with Gasteiger partial charge >= 0.3 is 0 Å². The number of rotatable bonds is 4. The van der Waals surface area contributed by atoms with Crippen LogP contribution in [0.2, 0.25) is 0 Å². The van der Waals surface area contributed by atoms with Crippen molar-refractivity contribution in [3.05, 3.63) is 35.6 Å². The maximum Gasteiger partial charge on any atom is 0.227 e. The minimum atomic E-state index is 0.109. The van der Waals surface area contributed by atoms with Crippen LogP contribution in [-0.2, 0) is 11.3 Å². The van der Waals surface area contributed by atoms with Crippen LogP contribution in [0.5, 0.6) is 0 Å². The molecular weight excluding hydrogens is 254 g/mol. The predicted molar refractivity (Wildman–Crippen MR) is 75.9 cm³/mol. The summed E-state index contributed by atoms with van der Waals surface area (Å²) >= 11 is 0. The molecule has 0 spiro atoms. The van der Waals surface area contributed by atoms with Gasteiger partial charge in [-0.25, -0.2) is 0 Å². The molecule has 1 fully saturated rings. The van der Waals surface area contributed by atoms with Crippen LogP contribution in [0.1, 0.15) is 24.2 Å². The first-order chi connectivity index (χ1) is 9.69. The van der Waals surface area contributed by atoms with E-state index in [1.165, 1.54) is 0 Å². The molecule has 5 heteroatoms. The number of carbonyl (C=O) groups excluding carboxylic acids is 1. The van der Waals surface area contributed by atoms with E-state index in [-0.39, 0.29) is 11.8 Å². The van der Waals surface area contributed by atoms with E-state index in [1.54, 1.807) is 0 Å². The first-order valence-corrected chi connectivity index (χ1v) is 6.75. The number of aromatic nitrogens is 1. The van der Waals surface area contributed by atoms with E-state index in [2.05, 4.69) is 10.5 Å². The van der Waals surface area contributed by atoms with Crippen LogP contribution < -0.4 is 11.1 Å². The summed E-state index contributed by atoms with van der Waals surface area (Å²) in [6.07, 6.45) is 2.00. The second-order valence-electron chi connectivity index (χ2n) is 5.11. The zero-order chi connectivity index (χ0) is 14.1. The van der Waals surface area contributed by atoms with Gasteiger partial charge in [0.1, 0.15) is 11.5 Å². The van der Waals surface area contributed by atoms with Gasteiger partial charge in [0.15, 0.2) is 0 Å². The Balaban J connectivity index is 1.79. The summed E-state index contributed by atoms with van der Waals surface area (Å²) in [6, 6.07) is 7.58. The molecule has 104 valence electrons. The van der Waals surface area contributed by atoms with E-state index in [9.17, 15) is 4.79 Å². The van der Waals surface area contributed by atoms with E-state index in [1.807, 2.05) is 31.2 Å². The Bertz CT molecular complexity index is 627. The number of nitrogens with two attached hydrogens (primary N) is 1. The van der Waals surface area contributed by atoms with Gasteiger partial charge in [0.2, 0.25) is 5.91 Å². The molecule has 0 saturated heterocycles. The quantitative estimate of drug-likeness (QED) is 0.895. The molecule has 1 aliphatic rings. The van der Waals surface area contributed by atoms with Gasteiger partial charge < -0.3 is 15.6 Å². The molecule has 1 amide bonds. The molecule has 0 radical (unpaired) electrons. The highest BCUT2D eigenvalue weighted by Gasteiger charge is 2.29. The highest BCUT2D eigenvalue weighted by molar-refractivity contribution is 5.94. The average Bonchev–Trinajstić information content (AvgIpc) is 3.23. The van der Waals surface area contributed by atoms with Crippen molar-refractivity contribution in [2.24, 2.45) is 11.7 Å². The number of hydrogen-bond donors (Lipinski definition) is 2. The maximum atomic E-state index is 11.7. The molecule has 1 aromatic heterocycles. The lowest BCUT2D eigenvalue weighted by Gasteiger charge is -2.05. The molecule has 1 heterocycles. The van der Waals surface area contributed by atoms with Crippen molar-refractivity contribution in [3.63, 3.8) is 0 Å². The lowest BCUT2D eigenvalue weighted by molar-refractivity contribution is -0.117. The van der Waals surface area contributed by atoms with Crippen molar-refractivity contribution in [3.8, 4) is 11.3 Å². The van der Waals surface area contributed by atoms with Gasteiger partial charge in [-0.2, -0.15) is 0 Å². The number of anilines is 1. The molecule has 3 rings (SSSR count). The van der Waals surface area contributed by atoms with Crippen LogP contribution in [-0.4, -0.2) is 11.1 Å². The van der Waals surface area contributed by atoms with Crippen molar-refractivity contribution >= 4 is 11.6 Å². The number of aryl methyl sites for hydroxylation is 1. The van der Waals surface area contributed by atoms with Crippen LogP contribution >= 0.6 is 0 Å². The van der Waals surface area contributed by atoms with Crippen LogP contribution in [0.3, 0.4) is 0 Å². The number of nitrogens with one attached hydrogen (secondary N) is 1. The fourth-order valence-corrected chi connectivity index (χ4v) is 2.16. The van der Waals surface area contributed by atoms with Crippen LogP contribution in [0.4, 0.5) is 5.69 Å². The normalized spacial score (nSPS) is 14.3. The fraction of sp³-hybridized carbons (Fsp3) is 0.333. The summed E-state index contributed by atoms with van der Waals surface area (Å²) in [7, 11) is 0. The summed E-state index contributed by atoms with van der Waals surface area (Å²) < 4.78 is 5.18. The van der Waals surface area contributed by atoms with Gasteiger partial charge in [0.25, 0.3) is 0 Å². The Hall–Kier alpha value is -2.14. The van der Waals surface area contributed by atoms with Crippen molar-refractivity contribution in [2.75, 3.05) is 5.32 Å². The van der Waals surface area contributed by atoms with Crippen molar-refractivity contribution < 1.29 is 9.32 Å². The molecule has 1 aliphatic carbocycles. The van der Waals surface area contributed by atoms with E-state index < -0.39 is 0 Å². The molecule has 2 aromatic rings. The molecule has 5 nitrogen and oxygen atoms in total. The Morgan fingerprint density at radius 3 is 2.70 bits per heavy atom. The molecule has 0 unspecified atom stereocenters. The highest BCUT2D eigenvalue weighted by Crippen LogP contribution is 2.31. The zero-order valence-corrected chi connectivity index (χ0v) is 11.3. The number of nitrogens with zero attached hydrogens (tertiary/aromatic N) is 1. The predicted octanol–water partition coefficient (Wildman–Crippen LogP) is 2.46. The van der Waals surface area contributed by atoms with Crippen molar-refractivity contribution in [1.29, 1.82) is 0 Å². The monoisotopic (exact) mass is 271 g/mol. The minimum absolute atomic E-state index is 0.109. The second-order valence-corrected chi connectivity index (χ2v) is 5.11. The summed E-state index contributed by atoms with van der Waals surface area (Å²) in [5.74, 6) is 1.06. The molecule has 20 heavy (non-hydrogen) atoms. The lowest BCUT2D eigenvalue weighted by atomic mass is 10.1. The van der Waals surface area contributed by atoms with Crippen LogP contribution in [0.25, 0.3) is 11.3 Å². The molecule has 0 atom stereocenters. The standard InChI is InChI=1S/C15H17N3O2/c1-9-13(8-16)14(18-20-9)10-4-6-12(7-5-10)17-15(19)11-2-3-11/h4-7,11H,2-3,8,16H2,1H3,(H,17,19). The van der Waals surface area contributed by atoms with Gasteiger partial charge in [-0.3, -0.25) is 4.79 Å². The molecule has 3 N–H and O–H groups in total. The van der Waals surface area contributed by atoms with Crippen molar-refractivity contribution in [1.82, 2.24) is 5.16 Å². The van der Waals surface area contributed by atoms with Crippen LogP contribution in [0.15, 0.2) is 28.8 Å². The number of hydrogen-bond acceptors (Lipinski definition) is 4. The van der Waals surface area contributed by atoms with Gasteiger partial charge in [0.05, 0.1) is 0 Å².